The van der Waals surface area contributed by atoms with Gasteiger partial charge in [-0.05, 0) is 130 Å². The van der Waals surface area contributed by atoms with Gasteiger partial charge in [-0.25, -0.2) is 0 Å². The maximum absolute atomic E-state index is 12.7. The van der Waals surface area contributed by atoms with Crippen molar-refractivity contribution in [2.45, 2.75) is 127 Å². The van der Waals surface area contributed by atoms with E-state index in [-0.39, 0.29) is 47.2 Å². The number of aromatic nitrogens is 1. The molecule has 4 aliphatic rings. The van der Waals surface area contributed by atoms with Crippen LogP contribution in [0.25, 0.3) is 11.3 Å². The number of aliphatic hydroxyl groups is 3. The van der Waals surface area contributed by atoms with E-state index >= 15 is 0 Å². The zero-order chi connectivity index (χ0) is 39.1. The number of carboxylic acid groups (broad SMARTS) is 1. The van der Waals surface area contributed by atoms with E-state index in [9.17, 15) is 35.4 Å². The standard InChI is InChI=1S/C45H65N3O7/c1-2-3-5-8-28-11-12-30(41(51)20-28)9-6-4-7-10-38(44(53)54)43(52)31-13-15-39-32(19-29-17-18-47-42(46)21-29)22-34(45(39,55)27-31)25-35-14-16-40(48-35)33-23-36(49)26-37(50)24-33/h11-12,14,16-17,21,23-24,26,28,30-32,34,38-39,41,43,47-52,55H,2-10,13,15,18-20,22,25,27,46H2,1H3,(H,53,54). The molecule has 302 valence electrons. The van der Waals surface area contributed by atoms with Gasteiger partial charge in [0.05, 0.1) is 29.5 Å². The van der Waals surface area contributed by atoms with Gasteiger partial charge < -0.3 is 46.7 Å². The maximum atomic E-state index is 12.7. The quantitative estimate of drug-likeness (QED) is 0.0555. The third kappa shape index (κ3) is 10.2. The van der Waals surface area contributed by atoms with Crippen molar-refractivity contribution in [2.75, 3.05) is 6.54 Å². The van der Waals surface area contributed by atoms with E-state index in [1.807, 2.05) is 18.2 Å². The molecule has 1 aromatic heterocycles. The summed E-state index contributed by atoms with van der Waals surface area (Å²) in [6, 6.07) is 8.36. The summed E-state index contributed by atoms with van der Waals surface area (Å²) in [7, 11) is 0. The first-order valence-electron chi connectivity index (χ1n) is 21.0. The van der Waals surface area contributed by atoms with Crippen LogP contribution in [-0.2, 0) is 11.2 Å². The first-order chi connectivity index (χ1) is 26.4. The van der Waals surface area contributed by atoms with Crippen molar-refractivity contribution in [3.8, 4) is 22.8 Å². The van der Waals surface area contributed by atoms with Crippen LogP contribution < -0.4 is 11.1 Å². The molecule has 6 rings (SSSR count). The van der Waals surface area contributed by atoms with E-state index in [4.69, 9.17) is 5.73 Å². The molecule has 1 aromatic carbocycles. The maximum Gasteiger partial charge on any atom is 0.309 e. The van der Waals surface area contributed by atoms with E-state index in [1.165, 1.54) is 25.3 Å². The molecule has 2 heterocycles. The number of phenols is 2. The minimum absolute atomic E-state index is 0.00268. The van der Waals surface area contributed by atoms with Gasteiger partial charge >= 0.3 is 5.97 Å². The van der Waals surface area contributed by atoms with Gasteiger partial charge in [0.2, 0.25) is 0 Å². The van der Waals surface area contributed by atoms with Gasteiger partial charge in [0.1, 0.15) is 11.5 Å². The number of nitrogens with two attached hydrogens (primary N) is 1. The lowest BCUT2D eigenvalue weighted by Gasteiger charge is -2.45. The fourth-order valence-corrected chi connectivity index (χ4v) is 10.6. The van der Waals surface area contributed by atoms with Crippen molar-refractivity contribution in [3.63, 3.8) is 0 Å². The number of H-pyrrole nitrogens is 1. The van der Waals surface area contributed by atoms with Gasteiger partial charge in [-0.1, -0.05) is 63.7 Å². The summed E-state index contributed by atoms with van der Waals surface area (Å²) in [4.78, 5) is 16.0. The molecule has 0 spiro atoms. The minimum atomic E-state index is -1.09. The summed E-state index contributed by atoms with van der Waals surface area (Å²) in [5, 5.41) is 68.8. The fraction of sp³-hybridized carbons (Fsp3) is 0.622. The molecule has 0 bridgehead atoms. The number of aromatic amines is 1. The van der Waals surface area contributed by atoms with Crippen molar-refractivity contribution >= 4 is 5.97 Å². The molecule has 10 unspecified atom stereocenters. The van der Waals surface area contributed by atoms with Crippen LogP contribution in [-0.4, -0.2) is 65.9 Å². The molecule has 10 atom stereocenters. The number of dihydropyridines is 1. The Bertz CT molecular complexity index is 1660. The Hall–Kier alpha value is -3.73. The third-order valence-electron chi connectivity index (χ3n) is 13.5. The number of aliphatic hydroxyl groups excluding tert-OH is 2. The number of phenolic OH excluding ortho intramolecular Hbond substituents is 2. The van der Waals surface area contributed by atoms with Crippen LogP contribution >= 0.6 is 0 Å². The number of allylic oxidation sites excluding steroid dienone is 3. The number of fused-ring (bicyclic) bond motifs is 1. The monoisotopic (exact) mass is 759 g/mol. The van der Waals surface area contributed by atoms with Crippen molar-refractivity contribution in [1.29, 1.82) is 0 Å². The third-order valence-corrected chi connectivity index (χ3v) is 13.5. The zero-order valence-electron chi connectivity index (χ0n) is 32.6. The minimum Gasteiger partial charge on any atom is -0.508 e. The van der Waals surface area contributed by atoms with Crippen LogP contribution in [0.3, 0.4) is 0 Å². The molecule has 10 nitrogen and oxygen atoms in total. The largest absolute Gasteiger partial charge is 0.508 e. The van der Waals surface area contributed by atoms with Crippen LogP contribution in [0.15, 0.2) is 66.0 Å². The topological polar surface area (TPSA) is 192 Å². The molecule has 55 heavy (non-hydrogen) atoms. The normalized spacial score (nSPS) is 30.2. The number of rotatable bonds is 18. The van der Waals surface area contributed by atoms with E-state index in [2.05, 4.69) is 35.5 Å². The van der Waals surface area contributed by atoms with Crippen molar-refractivity contribution in [1.82, 2.24) is 10.3 Å². The Kier molecular flexibility index (Phi) is 13.7. The number of hydrogen-bond acceptors (Lipinski definition) is 8. The van der Waals surface area contributed by atoms with Gasteiger partial charge in [-0.3, -0.25) is 4.79 Å². The lowest BCUT2D eigenvalue weighted by molar-refractivity contribution is -0.152. The lowest BCUT2D eigenvalue weighted by Crippen LogP contribution is -2.50. The van der Waals surface area contributed by atoms with Crippen LogP contribution in [0.1, 0.15) is 109 Å². The highest BCUT2D eigenvalue weighted by Crippen LogP contribution is 2.57. The second kappa shape index (κ2) is 18.5. The van der Waals surface area contributed by atoms with E-state index in [1.54, 1.807) is 12.1 Å². The molecule has 10 heteroatoms. The number of nitrogens with one attached hydrogen (secondary N) is 2. The molecule has 2 fully saturated rings. The average molecular weight is 760 g/mol. The van der Waals surface area contributed by atoms with Gasteiger partial charge in [0, 0.05) is 35.5 Å². The number of benzene rings is 1. The summed E-state index contributed by atoms with van der Waals surface area (Å²) >= 11 is 0. The van der Waals surface area contributed by atoms with Crippen LogP contribution in [0.5, 0.6) is 11.5 Å². The number of unbranched alkanes of at least 4 members (excludes halogenated alkanes) is 4. The predicted octanol–water partition coefficient (Wildman–Crippen LogP) is 7.28. The highest BCUT2D eigenvalue weighted by molar-refractivity contribution is 5.70. The molecule has 0 saturated heterocycles. The Morgan fingerprint density at radius 1 is 0.982 bits per heavy atom. The molecule has 3 aliphatic carbocycles. The van der Waals surface area contributed by atoms with Gasteiger partial charge in [0.25, 0.3) is 0 Å². The van der Waals surface area contributed by atoms with Gasteiger partial charge in [-0.15, -0.1) is 0 Å². The van der Waals surface area contributed by atoms with Crippen molar-refractivity contribution in [3.05, 3.63) is 71.7 Å². The molecule has 10 N–H and O–H groups in total. The number of aliphatic carboxylic acids is 1. The molecule has 1 aliphatic heterocycles. The zero-order valence-corrected chi connectivity index (χ0v) is 32.6. The molecule has 2 aromatic rings. The number of carbonyl (C=O) groups is 1. The summed E-state index contributed by atoms with van der Waals surface area (Å²) in [5.41, 5.74) is 8.51. The highest BCUT2D eigenvalue weighted by atomic mass is 16.4. The predicted molar refractivity (Wildman–Crippen MR) is 215 cm³/mol. The van der Waals surface area contributed by atoms with E-state index in [0.29, 0.717) is 62.4 Å². The van der Waals surface area contributed by atoms with E-state index in [0.717, 1.165) is 61.9 Å². The summed E-state index contributed by atoms with van der Waals surface area (Å²) in [5.74, 6) is -0.934. The Labute approximate surface area is 326 Å². The van der Waals surface area contributed by atoms with Crippen molar-refractivity contribution < 1.29 is 35.4 Å². The lowest BCUT2D eigenvalue weighted by atomic mass is 9.64. The Morgan fingerprint density at radius 2 is 1.76 bits per heavy atom. The van der Waals surface area contributed by atoms with Crippen LogP contribution in [0.4, 0.5) is 0 Å². The summed E-state index contributed by atoms with van der Waals surface area (Å²) in [6.07, 6.45) is 20.4. The summed E-state index contributed by atoms with van der Waals surface area (Å²) < 4.78 is 0. The summed E-state index contributed by atoms with van der Waals surface area (Å²) in [6.45, 7) is 2.88. The number of hydrogen-bond donors (Lipinski definition) is 9. The van der Waals surface area contributed by atoms with E-state index < -0.39 is 23.6 Å². The molecule has 2 saturated carbocycles. The Balaban J connectivity index is 1.09. The number of carboxylic acids is 1. The first-order valence-corrected chi connectivity index (χ1v) is 21.0. The first kappa shape index (κ1) is 40.9. The fourth-order valence-electron chi connectivity index (χ4n) is 10.6. The molecular formula is C45H65N3O7. The van der Waals surface area contributed by atoms with Crippen LogP contribution in [0, 0.1) is 41.4 Å². The van der Waals surface area contributed by atoms with Crippen LogP contribution in [0.2, 0.25) is 0 Å². The highest BCUT2D eigenvalue weighted by Gasteiger charge is 2.57. The smallest absolute Gasteiger partial charge is 0.309 e. The molecular weight excluding hydrogens is 695 g/mol. The second-order valence-corrected chi connectivity index (χ2v) is 17.3. The SMILES string of the molecule is CCCCCC1C=CC(CCCCCC(C(=O)O)C(O)C2CCC3C(CC4=CCNC(N)=C4)CC(Cc4ccc(-c5cc(O)cc(O)c5)[nH]4)C3(O)C2)C(O)C1. The second-order valence-electron chi connectivity index (χ2n) is 17.3. The van der Waals surface area contributed by atoms with Gasteiger partial charge in [-0.2, -0.15) is 0 Å². The van der Waals surface area contributed by atoms with Crippen molar-refractivity contribution in [2.24, 2.45) is 47.2 Å². The van der Waals surface area contributed by atoms with Gasteiger partial charge in [0.15, 0.2) is 0 Å². The average Bonchev–Trinajstić information content (AvgIpc) is 3.71. The number of aromatic hydroxyl groups is 2. The Morgan fingerprint density at radius 3 is 2.49 bits per heavy atom. The molecule has 0 amide bonds. The molecule has 0 radical (unpaired) electrons.